The first-order valence-electron chi connectivity index (χ1n) is 6.77. The monoisotopic (exact) mass is 383 g/mol. The van der Waals surface area contributed by atoms with Crippen LogP contribution in [0.25, 0.3) is 0 Å². The lowest BCUT2D eigenvalue weighted by molar-refractivity contribution is 0.451. The highest BCUT2D eigenvalue weighted by Crippen LogP contribution is 2.38. The lowest BCUT2D eigenvalue weighted by Crippen LogP contribution is -2.24. The van der Waals surface area contributed by atoms with Gasteiger partial charge in [-0.2, -0.15) is 0 Å². The molecule has 1 heterocycles. The summed E-state index contributed by atoms with van der Waals surface area (Å²) in [5.41, 5.74) is 2.15. The lowest BCUT2D eigenvalue weighted by Gasteiger charge is -2.26. The summed E-state index contributed by atoms with van der Waals surface area (Å²) in [6.07, 6.45) is 1.06. The van der Waals surface area contributed by atoms with Crippen LogP contribution in [0.1, 0.15) is 23.6 Å². The second-order valence-corrected chi connectivity index (χ2v) is 7.43. The molecular formula is C16H15BrClNOS. The number of halogens is 2. The van der Waals surface area contributed by atoms with E-state index < -0.39 is 0 Å². The maximum atomic E-state index is 10.1. The Morgan fingerprint density at radius 2 is 2.19 bits per heavy atom. The van der Waals surface area contributed by atoms with Gasteiger partial charge in [0.1, 0.15) is 5.75 Å². The predicted molar refractivity (Wildman–Crippen MR) is 92.2 cm³/mol. The first kappa shape index (κ1) is 15.2. The summed E-state index contributed by atoms with van der Waals surface area (Å²) in [5, 5.41) is 14.4. The fourth-order valence-electron chi connectivity index (χ4n) is 2.51. The first-order chi connectivity index (χ1) is 10.1. The van der Waals surface area contributed by atoms with Gasteiger partial charge in [0, 0.05) is 28.1 Å². The molecule has 0 radical (unpaired) electrons. The third-order valence-electron chi connectivity index (χ3n) is 3.62. The van der Waals surface area contributed by atoms with Gasteiger partial charge in [-0.25, -0.2) is 0 Å². The Bertz CT molecular complexity index is 665. The quantitative estimate of drug-likeness (QED) is 0.769. The molecule has 1 unspecified atom stereocenters. The van der Waals surface area contributed by atoms with Crippen LogP contribution in [0.2, 0.25) is 5.02 Å². The van der Waals surface area contributed by atoms with Crippen LogP contribution in [-0.4, -0.2) is 10.9 Å². The molecule has 0 amide bonds. The molecule has 1 aliphatic rings. The van der Waals surface area contributed by atoms with E-state index in [-0.39, 0.29) is 6.04 Å². The Balaban J connectivity index is 1.78. The largest absolute Gasteiger partial charge is 0.506 e. The minimum atomic E-state index is 0.276. The van der Waals surface area contributed by atoms with Gasteiger partial charge in [-0.3, -0.25) is 0 Å². The van der Waals surface area contributed by atoms with Crippen molar-refractivity contribution in [2.75, 3.05) is 5.75 Å². The highest BCUT2D eigenvalue weighted by Gasteiger charge is 2.21. The van der Waals surface area contributed by atoms with Gasteiger partial charge in [0.05, 0.1) is 4.47 Å². The number of thioether (sulfide) groups is 1. The summed E-state index contributed by atoms with van der Waals surface area (Å²) < 4.78 is 0.726. The summed E-state index contributed by atoms with van der Waals surface area (Å²) >= 11 is 11.3. The molecule has 1 aliphatic heterocycles. The number of hydrogen-bond acceptors (Lipinski definition) is 3. The molecule has 0 aromatic heterocycles. The van der Waals surface area contributed by atoms with E-state index in [2.05, 4.69) is 27.3 Å². The van der Waals surface area contributed by atoms with Crippen LogP contribution in [0.15, 0.2) is 45.8 Å². The molecule has 2 aromatic rings. The number of hydrogen-bond donors (Lipinski definition) is 2. The second-order valence-electron chi connectivity index (χ2n) is 5.00. The van der Waals surface area contributed by atoms with E-state index in [1.54, 1.807) is 0 Å². The molecule has 3 rings (SSSR count). The van der Waals surface area contributed by atoms with Crippen molar-refractivity contribution in [1.82, 2.24) is 5.32 Å². The standard InChI is InChI=1S/C16H15BrClNOS/c17-13-3-1-2-10(16(13)20)9-19-14-6-7-21-15-5-4-11(18)8-12(14)15/h1-5,8,14,19-20H,6-7,9H2. The summed E-state index contributed by atoms with van der Waals surface area (Å²) in [6, 6.07) is 12.1. The Kier molecular flexibility index (Phi) is 4.79. The SMILES string of the molecule is Oc1c(Br)cccc1CNC1CCSc2ccc(Cl)cc21. The number of aromatic hydroxyl groups is 1. The van der Waals surface area contributed by atoms with Crippen molar-refractivity contribution >= 4 is 39.3 Å². The third kappa shape index (κ3) is 3.39. The zero-order valence-corrected chi connectivity index (χ0v) is 14.4. The van der Waals surface area contributed by atoms with E-state index >= 15 is 0 Å². The van der Waals surface area contributed by atoms with Crippen molar-refractivity contribution in [3.05, 3.63) is 57.0 Å². The normalized spacial score (nSPS) is 17.5. The maximum absolute atomic E-state index is 10.1. The summed E-state index contributed by atoms with van der Waals surface area (Å²) in [5.74, 6) is 1.40. The van der Waals surface area contributed by atoms with E-state index in [9.17, 15) is 5.11 Å². The van der Waals surface area contributed by atoms with E-state index in [0.29, 0.717) is 12.3 Å². The molecule has 0 spiro atoms. The van der Waals surface area contributed by atoms with Crippen LogP contribution in [0, 0.1) is 0 Å². The van der Waals surface area contributed by atoms with Crippen LogP contribution in [0.3, 0.4) is 0 Å². The van der Waals surface area contributed by atoms with Gasteiger partial charge in [-0.15, -0.1) is 11.8 Å². The molecule has 5 heteroatoms. The van der Waals surface area contributed by atoms with E-state index in [1.807, 2.05) is 42.1 Å². The van der Waals surface area contributed by atoms with Gasteiger partial charge in [-0.1, -0.05) is 23.7 Å². The zero-order valence-electron chi connectivity index (χ0n) is 11.3. The van der Waals surface area contributed by atoms with Crippen LogP contribution in [0.4, 0.5) is 0 Å². The molecule has 2 N–H and O–H groups in total. The zero-order chi connectivity index (χ0) is 14.8. The van der Waals surface area contributed by atoms with Crippen molar-refractivity contribution in [2.24, 2.45) is 0 Å². The van der Waals surface area contributed by atoms with E-state index in [4.69, 9.17) is 11.6 Å². The number of phenols is 1. The molecule has 1 atom stereocenters. The minimum Gasteiger partial charge on any atom is -0.506 e. The maximum Gasteiger partial charge on any atom is 0.134 e. The van der Waals surface area contributed by atoms with Crippen LogP contribution in [-0.2, 0) is 6.54 Å². The van der Waals surface area contributed by atoms with Gasteiger partial charge >= 0.3 is 0 Å². The van der Waals surface area contributed by atoms with Crippen molar-refractivity contribution in [2.45, 2.75) is 23.9 Å². The number of rotatable bonds is 3. The number of phenolic OH excluding ortho intramolecular Hbond substituents is 1. The Labute approximate surface area is 142 Å². The second kappa shape index (κ2) is 6.61. The van der Waals surface area contributed by atoms with Crippen LogP contribution >= 0.6 is 39.3 Å². The summed E-state index contributed by atoms with van der Waals surface area (Å²) in [4.78, 5) is 1.29. The fraction of sp³-hybridized carbons (Fsp3) is 0.250. The van der Waals surface area contributed by atoms with Gasteiger partial charge in [-0.05, 0) is 57.9 Å². The molecule has 0 bridgehead atoms. The van der Waals surface area contributed by atoms with E-state index in [0.717, 1.165) is 27.2 Å². The average Bonchev–Trinajstić information content (AvgIpc) is 2.49. The molecular weight excluding hydrogens is 370 g/mol. The van der Waals surface area contributed by atoms with E-state index in [1.165, 1.54) is 10.5 Å². The van der Waals surface area contributed by atoms with Crippen molar-refractivity contribution in [3.8, 4) is 5.75 Å². The molecule has 2 aromatic carbocycles. The van der Waals surface area contributed by atoms with Crippen molar-refractivity contribution in [3.63, 3.8) is 0 Å². The van der Waals surface area contributed by atoms with Gasteiger partial charge < -0.3 is 10.4 Å². The fourth-order valence-corrected chi connectivity index (χ4v) is 4.21. The predicted octanol–water partition coefficient (Wildman–Crippen LogP) is 5.13. The first-order valence-corrected chi connectivity index (χ1v) is 8.93. The minimum absolute atomic E-state index is 0.276. The van der Waals surface area contributed by atoms with Crippen molar-refractivity contribution in [1.29, 1.82) is 0 Å². The van der Waals surface area contributed by atoms with Gasteiger partial charge in [0.2, 0.25) is 0 Å². The number of nitrogens with one attached hydrogen (secondary N) is 1. The summed E-state index contributed by atoms with van der Waals surface area (Å²) in [7, 11) is 0. The number of para-hydroxylation sites is 1. The molecule has 0 aliphatic carbocycles. The highest BCUT2D eigenvalue weighted by molar-refractivity contribution is 9.10. The Morgan fingerprint density at radius 1 is 1.33 bits per heavy atom. The van der Waals surface area contributed by atoms with Gasteiger partial charge in [0.25, 0.3) is 0 Å². The number of fused-ring (bicyclic) bond motifs is 1. The molecule has 110 valence electrons. The molecule has 0 fully saturated rings. The lowest BCUT2D eigenvalue weighted by atomic mass is 10.0. The molecule has 2 nitrogen and oxygen atoms in total. The van der Waals surface area contributed by atoms with Crippen LogP contribution < -0.4 is 5.32 Å². The number of benzene rings is 2. The topological polar surface area (TPSA) is 32.3 Å². The molecule has 21 heavy (non-hydrogen) atoms. The highest BCUT2D eigenvalue weighted by atomic mass is 79.9. The Morgan fingerprint density at radius 3 is 3.05 bits per heavy atom. The summed E-state index contributed by atoms with van der Waals surface area (Å²) in [6.45, 7) is 0.632. The Hall–Kier alpha value is -0.680. The van der Waals surface area contributed by atoms with Gasteiger partial charge in [0.15, 0.2) is 0 Å². The third-order valence-corrected chi connectivity index (χ3v) is 5.62. The van der Waals surface area contributed by atoms with Crippen LogP contribution in [0.5, 0.6) is 5.75 Å². The molecule has 0 saturated heterocycles. The molecule has 0 saturated carbocycles. The average molecular weight is 385 g/mol. The van der Waals surface area contributed by atoms with Crippen molar-refractivity contribution < 1.29 is 5.11 Å². The smallest absolute Gasteiger partial charge is 0.134 e.